The molecule has 0 saturated heterocycles. The van der Waals surface area contributed by atoms with E-state index in [1.807, 2.05) is 6.92 Å². The smallest absolute Gasteiger partial charge is 0.240 e. The summed E-state index contributed by atoms with van der Waals surface area (Å²) in [6.07, 6.45) is -0.406. The lowest BCUT2D eigenvalue weighted by Crippen LogP contribution is -2.27. The Balaban J connectivity index is 2.77. The number of sulfonamides is 1. The number of benzene rings is 1. The zero-order valence-corrected chi connectivity index (χ0v) is 11.7. The van der Waals surface area contributed by atoms with Crippen LogP contribution >= 0.6 is 0 Å². The highest BCUT2D eigenvalue weighted by molar-refractivity contribution is 7.89. The monoisotopic (exact) mass is 272 g/mol. The lowest BCUT2D eigenvalue weighted by Gasteiger charge is -2.15. The summed E-state index contributed by atoms with van der Waals surface area (Å²) in [5.74, 6) is 0. The SMILES string of the molecule is CNS(=O)(=O)c1ccc(C(C)NCC(C)O)cc1. The van der Waals surface area contributed by atoms with E-state index in [2.05, 4.69) is 10.0 Å². The Bertz CT molecular complexity index is 469. The second-order valence-corrected chi connectivity index (χ2v) is 6.14. The van der Waals surface area contributed by atoms with Gasteiger partial charge in [-0.1, -0.05) is 12.1 Å². The Morgan fingerprint density at radius 1 is 1.22 bits per heavy atom. The van der Waals surface area contributed by atoms with E-state index in [0.717, 1.165) is 5.56 Å². The van der Waals surface area contributed by atoms with Crippen molar-refractivity contribution < 1.29 is 13.5 Å². The molecule has 0 heterocycles. The van der Waals surface area contributed by atoms with E-state index in [4.69, 9.17) is 0 Å². The fourth-order valence-electron chi connectivity index (χ4n) is 1.52. The maximum Gasteiger partial charge on any atom is 0.240 e. The summed E-state index contributed by atoms with van der Waals surface area (Å²) >= 11 is 0. The topological polar surface area (TPSA) is 78.4 Å². The Labute approximate surface area is 108 Å². The first-order chi connectivity index (χ1) is 8.36. The number of hydrogen-bond donors (Lipinski definition) is 3. The van der Waals surface area contributed by atoms with Gasteiger partial charge in [0, 0.05) is 12.6 Å². The Kier molecular flexibility index (Phi) is 5.28. The van der Waals surface area contributed by atoms with Crippen molar-refractivity contribution in [3.8, 4) is 0 Å². The molecule has 0 aromatic heterocycles. The second kappa shape index (κ2) is 6.29. The lowest BCUT2D eigenvalue weighted by atomic mass is 10.1. The molecule has 102 valence electrons. The summed E-state index contributed by atoms with van der Waals surface area (Å²) in [6, 6.07) is 6.74. The van der Waals surface area contributed by atoms with Crippen LogP contribution in [0.4, 0.5) is 0 Å². The third kappa shape index (κ3) is 4.06. The molecule has 0 aliphatic carbocycles. The van der Waals surface area contributed by atoms with E-state index in [9.17, 15) is 13.5 Å². The quantitative estimate of drug-likeness (QED) is 0.709. The van der Waals surface area contributed by atoms with E-state index in [-0.39, 0.29) is 10.9 Å². The van der Waals surface area contributed by atoms with Gasteiger partial charge in [0.05, 0.1) is 11.0 Å². The third-order valence-electron chi connectivity index (χ3n) is 2.68. The number of rotatable bonds is 6. The van der Waals surface area contributed by atoms with Gasteiger partial charge < -0.3 is 10.4 Å². The van der Waals surface area contributed by atoms with E-state index in [0.29, 0.717) is 6.54 Å². The van der Waals surface area contributed by atoms with Crippen molar-refractivity contribution in [3.05, 3.63) is 29.8 Å². The van der Waals surface area contributed by atoms with Crippen molar-refractivity contribution in [3.63, 3.8) is 0 Å². The number of aliphatic hydroxyl groups excluding tert-OH is 1. The Morgan fingerprint density at radius 2 is 1.78 bits per heavy atom. The van der Waals surface area contributed by atoms with Gasteiger partial charge in [0.15, 0.2) is 0 Å². The van der Waals surface area contributed by atoms with Crippen LogP contribution in [0.5, 0.6) is 0 Å². The lowest BCUT2D eigenvalue weighted by molar-refractivity contribution is 0.187. The molecule has 18 heavy (non-hydrogen) atoms. The number of hydrogen-bond acceptors (Lipinski definition) is 4. The van der Waals surface area contributed by atoms with E-state index in [1.54, 1.807) is 31.2 Å². The molecule has 5 nitrogen and oxygen atoms in total. The molecule has 2 atom stereocenters. The van der Waals surface area contributed by atoms with Crippen molar-refractivity contribution in [2.75, 3.05) is 13.6 Å². The summed E-state index contributed by atoms with van der Waals surface area (Å²) in [5.41, 5.74) is 0.978. The van der Waals surface area contributed by atoms with Crippen molar-refractivity contribution >= 4 is 10.0 Å². The molecule has 1 aromatic carbocycles. The third-order valence-corrected chi connectivity index (χ3v) is 4.11. The van der Waals surface area contributed by atoms with Crippen LogP contribution in [0.15, 0.2) is 29.2 Å². The molecule has 0 radical (unpaired) electrons. The van der Waals surface area contributed by atoms with Crippen molar-refractivity contribution in [1.29, 1.82) is 0 Å². The van der Waals surface area contributed by atoms with Gasteiger partial charge in [0.25, 0.3) is 0 Å². The van der Waals surface area contributed by atoms with E-state index < -0.39 is 16.1 Å². The molecule has 1 aromatic rings. The molecule has 0 saturated carbocycles. The molecule has 3 N–H and O–H groups in total. The highest BCUT2D eigenvalue weighted by Crippen LogP contribution is 2.15. The number of aliphatic hydroxyl groups is 1. The minimum atomic E-state index is -3.38. The van der Waals surface area contributed by atoms with Gasteiger partial charge in [-0.05, 0) is 38.6 Å². The Hall–Kier alpha value is -0.950. The van der Waals surface area contributed by atoms with Gasteiger partial charge in [-0.25, -0.2) is 13.1 Å². The fraction of sp³-hybridized carbons (Fsp3) is 0.500. The first-order valence-electron chi connectivity index (χ1n) is 5.82. The molecule has 0 aliphatic heterocycles. The van der Waals surface area contributed by atoms with Crippen LogP contribution in [0, 0.1) is 0 Å². The largest absolute Gasteiger partial charge is 0.392 e. The zero-order valence-electron chi connectivity index (χ0n) is 10.8. The second-order valence-electron chi connectivity index (χ2n) is 4.26. The Morgan fingerprint density at radius 3 is 2.22 bits per heavy atom. The van der Waals surface area contributed by atoms with Crippen molar-refractivity contribution in [2.45, 2.75) is 30.9 Å². The van der Waals surface area contributed by atoms with Gasteiger partial charge in [0.1, 0.15) is 0 Å². The van der Waals surface area contributed by atoms with Gasteiger partial charge in [-0.3, -0.25) is 0 Å². The average molecular weight is 272 g/mol. The van der Waals surface area contributed by atoms with Crippen LogP contribution in [-0.2, 0) is 10.0 Å². The first kappa shape index (κ1) is 15.1. The predicted molar refractivity (Wildman–Crippen MR) is 70.8 cm³/mol. The highest BCUT2D eigenvalue weighted by atomic mass is 32.2. The molecule has 0 fully saturated rings. The molecule has 1 rings (SSSR count). The van der Waals surface area contributed by atoms with E-state index >= 15 is 0 Å². The highest BCUT2D eigenvalue weighted by Gasteiger charge is 2.12. The predicted octanol–water partition coefficient (Wildman–Crippen LogP) is 0.626. The molecule has 0 aliphatic rings. The average Bonchev–Trinajstić information content (AvgIpc) is 2.36. The van der Waals surface area contributed by atoms with Crippen LogP contribution in [-0.4, -0.2) is 33.2 Å². The number of nitrogens with one attached hydrogen (secondary N) is 2. The van der Waals surface area contributed by atoms with Crippen LogP contribution < -0.4 is 10.0 Å². The molecular weight excluding hydrogens is 252 g/mol. The standard InChI is InChI=1S/C12H20N2O3S/c1-9(15)8-14-10(2)11-4-6-12(7-5-11)18(16,17)13-3/h4-7,9-10,13-15H,8H2,1-3H3. The van der Waals surface area contributed by atoms with Gasteiger partial charge in [0.2, 0.25) is 10.0 Å². The molecule has 0 bridgehead atoms. The fourth-order valence-corrected chi connectivity index (χ4v) is 2.25. The first-order valence-corrected chi connectivity index (χ1v) is 7.30. The van der Waals surface area contributed by atoms with Gasteiger partial charge in [-0.2, -0.15) is 0 Å². The summed E-state index contributed by atoms with van der Waals surface area (Å²) in [6.45, 7) is 4.17. The van der Waals surface area contributed by atoms with Crippen molar-refractivity contribution in [1.82, 2.24) is 10.0 Å². The summed E-state index contributed by atoms with van der Waals surface area (Å²) < 4.78 is 25.3. The summed E-state index contributed by atoms with van der Waals surface area (Å²) in [4.78, 5) is 0.247. The van der Waals surface area contributed by atoms with Crippen molar-refractivity contribution in [2.24, 2.45) is 0 Å². The van der Waals surface area contributed by atoms with Crippen LogP contribution in [0.3, 0.4) is 0 Å². The minimum absolute atomic E-state index is 0.0611. The molecule has 6 heteroatoms. The van der Waals surface area contributed by atoms with Crippen LogP contribution in [0.1, 0.15) is 25.5 Å². The van der Waals surface area contributed by atoms with Gasteiger partial charge >= 0.3 is 0 Å². The minimum Gasteiger partial charge on any atom is -0.392 e. The normalized spacial score (nSPS) is 15.3. The van der Waals surface area contributed by atoms with Crippen LogP contribution in [0.25, 0.3) is 0 Å². The summed E-state index contributed by atoms with van der Waals surface area (Å²) in [5, 5.41) is 12.3. The van der Waals surface area contributed by atoms with Gasteiger partial charge in [-0.15, -0.1) is 0 Å². The summed E-state index contributed by atoms with van der Waals surface area (Å²) in [7, 11) is -1.99. The molecule has 2 unspecified atom stereocenters. The van der Waals surface area contributed by atoms with Crippen LogP contribution in [0.2, 0.25) is 0 Å². The maximum absolute atomic E-state index is 11.5. The molecule has 0 spiro atoms. The molecule has 0 amide bonds. The van der Waals surface area contributed by atoms with E-state index in [1.165, 1.54) is 7.05 Å². The zero-order chi connectivity index (χ0) is 13.8. The molecular formula is C12H20N2O3S. The maximum atomic E-state index is 11.5.